The van der Waals surface area contributed by atoms with Gasteiger partial charge in [0.25, 0.3) is 0 Å². The second-order valence-electron chi connectivity index (χ2n) is 3.14. The van der Waals surface area contributed by atoms with Crippen LogP contribution in [-0.2, 0) is 12.4 Å². The van der Waals surface area contributed by atoms with Crippen molar-refractivity contribution in [2.75, 3.05) is 5.73 Å². The normalized spacial score (nSPS) is 12.6. The van der Waals surface area contributed by atoms with Crippen molar-refractivity contribution in [3.05, 3.63) is 28.8 Å². The van der Waals surface area contributed by atoms with E-state index in [0.29, 0.717) is 0 Å². The molecular weight excluding hydrogens is 252 g/mol. The van der Waals surface area contributed by atoms with Crippen LogP contribution in [0.3, 0.4) is 0 Å². The van der Waals surface area contributed by atoms with Crippen LogP contribution in [0.2, 0.25) is 0 Å². The standard InChI is InChI=1S/C9H5F6NO/c10-8(11,12)5-2-7(16)6(9(13,14)15)1-4(5)3-17/h1-3H,16H2. The lowest BCUT2D eigenvalue weighted by molar-refractivity contribution is -0.141. The minimum atomic E-state index is -4.94. The molecule has 1 aromatic rings. The van der Waals surface area contributed by atoms with Crippen molar-refractivity contribution >= 4 is 12.0 Å². The predicted molar refractivity (Wildman–Crippen MR) is 46.2 cm³/mol. The lowest BCUT2D eigenvalue weighted by Crippen LogP contribution is -2.15. The fourth-order valence-corrected chi connectivity index (χ4v) is 1.22. The van der Waals surface area contributed by atoms with Crippen molar-refractivity contribution in [3.8, 4) is 0 Å². The topological polar surface area (TPSA) is 43.1 Å². The van der Waals surface area contributed by atoms with Gasteiger partial charge in [0.15, 0.2) is 6.29 Å². The van der Waals surface area contributed by atoms with Gasteiger partial charge < -0.3 is 5.73 Å². The Morgan fingerprint density at radius 2 is 1.41 bits per heavy atom. The Hall–Kier alpha value is -1.73. The van der Waals surface area contributed by atoms with E-state index in [1.54, 1.807) is 0 Å². The van der Waals surface area contributed by atoms with E-state index in [-0.39, 0.29) is 18.4 Å². The number of halogens is 6. The molecule has 8 heteroatoms. The van der Waals surface area contributed by atoms with Gasteiger partial charge in [-0.25, -0.2) is 0 Å². The van der Waals surface area contributed by atoms with Crippen LogP contribution in [0.1, 0.15) is 21.5 Å². The number of nitrogen functional groups attached to an aromatic ring is 1. The van der Waals surface area contributed by atoms with Gasteiger partial charge in [0.1, 0.15) is 0 Å². The highest BCUT2D eigenvalue weighted by atomic mass is 19.4. The van der Waals surface area contributed by atoms with Crippen LogP contribution >= 0.6 is 0 Å². The average Bonchev–Trinajstić information content (AvgIpc) is 2.14. The lowest BCUT2D eigenvalue weighted by Gasteiger charge is -2.15. The number of anilines is 1. The highest BCUT2D eigenvalue weighted by molar-refractivity contribution is 5.80. The molecule has 0 heterocycles. The maximum Gasteiger partial charge on any atom is 0.418 e. The first kappa shape index (κ1) is 13.3. The highest BCUT2D eigenvalue weighted by Crippen LogP contribution is 2.39. The van der Waals surface area contributed by atoms with Gasteiger partial charge in [0, 0.05) is 11.3 Å². The molecule has 0 saturated carbocycles. The largest absolute Gasteiger partial charge is 0.418 e. The molecule has 94 valence electrons. The van der Waals surface area contributed by atoms with E-state index < -0.39 is 34.7 Å². The van der Waals surface area contributed by atoms with Crippen molar-refractivity contribution < 1.29 is 31.1 Å². The quantitative estimate of drug-likeness (QED) is 0.477. The van der Waals surface area contributed by atoms with Crippen LogP contribution in [-0.4, -0.2) is 6.29 Å². The molecule has 0 saturated heterocycles. The predicted octanol–water partition coefficient (Wildman–Crippen LogP) is 3.12. The summed E-state index contributed by atoms with van der Waals surface area (Å²) in [6.07, 6.45) is -10.1. The summed E-state index contributed by atoms with van der Waals surface area (Å²) in [4.78, 5) is 10.4. The Morgan fingerprint density at radius 3 is 1.76 bits per heavy atom. The van der Waals surface area contributed by atoms with E-state index in [0.717, 1.165) is 0 Å². The number of alkyl halides is 6. The molecule has 0 fully saturated rings. The van der Waals surface area contributed by atoms with Crippen LogP contribution in [0.5, 0.6) is 0 Å². The van der Waals surface area contributed by atoms with Crippen molar-refractivity contribution in [2.24, 2.45) is 0 Å². The molecule has 0 radical (unpaired) electrons. The molecule has 0 aliphatic heterocycles. The summed E-state index contributed by atoms with van der Waals surface area (Å²) in [5, 5.41) is 0. The summed E-state index contributed by atoms with van der Waals surface area (Å²) in [7, 11) is 0. The third-order valence-corrected chi connectivity index (χ3v) is 1.96. The number of hydrogen-bond donors (Lipinski definition) is 1. The van der Waals surface area contributed by atoms with Gasteiger partial charge in [-0.05, 0) is 12.1 Å². The van der Waals surface area contributed by atoms with Crippen LogP contribution in [0.4, 0.5) is 32.0 Å². The number of benzene rings is 1. The van der Waals surface area contributed by atoms with Crippen molar-refractivity contribution in [3.63, 3.8) is 0 Å². The number of carbonyl (C=O) groups is 1. The van der Waals surface area contributed by atoms with Crippen molar-refractivity contribution in [1.82, 2.24) is 0 Å². The number of carbonyl (C=O) groups excluding carboxylic acids is 1. The molecule has 0 aromatic heterocycles. The Balaban J connectivity index is 3.51. The first-order valence-corrected chi connectivity index (χ1v) is 4.10. The van der Waals surface area contributed by atoms with E-state index in [9.17, 15) is 31.1 Å². The Bertz CT molecular complexity index is 448. The summed E-state index contributed by atoms with van der Waals surface area (Å²) in [5.41, 5.74) is -0.233. The third kappa shape index (κ3) is 2.69. The molecule has 1 aromatic carbocycles. The monoisotopic (exact) mass is 257 g/mol. The number of aldehydes is 1. The second-order valence-corrected chi connectivity index (χ2v) is 3.14. The van der Waals surface area contributed by atoms with E-state index >= 15 is 0 Å². The highest BCUT2D eigenvalue weighted by Gasteiger charge is 2.38. The van der Waals surface area contributed by atoms with Crippen LogP contribution in [0, 0.1) is 0 Å². The van der Waals surface area contributed by atoms with E-state index in [2.05, 4.69) is 0 Å². The van der Waals surface area contributed by atoms with Crippen LogP contribution < -0.4 is 5.73 Å². The zero-order valence-corrected chi connectivity index (χ0v) is 7.99. The molecule has 17 heavy (non-hydrogen) atoms. The summed E-state index contributed by atoms with van der Waals surface area (Å²) in [6, 6.07) is 0.192. The fraction of sp³-hybridized carbons (Fsp3) is 0.222. The van der Waals surface area contributed by atoms with Gasteiger partial charge in [-0.2, -0.15) is 26.3 Å². The third-order valence-electron chi connectivity index (χ3n) is 1.96. The number of rotatable bonds is 1. The Morgan fingerprint density at radius 1 is 0.941 bits per heavy atom. The minimum absolute atomic E-state index is 0.0884. The SMILES string of the molecule is Nc1cc(C(F)(F)F)c(C=O)cc1C(F)(F)F. The van der Waals surface area contributed by atoms with Gasteiger partial charge in [-0.15, -0.1) is 0 Å². The summed E-state index contributed by atoms with van der Waals surface area (Å²) < 4.78 is 74.0. The van der Waals surface area contributed by atoms with Gasteiger partial charge in [0.2, 0.25) is 0 Å². The minimum Gasteiger partial charge on any atom is -0.398 e. The molecule has 0 amide bonds. The van der Waals surface area contributed by atoms with Gasteiger partial charge in [-0.3, -0.25) is 4.79 Å². The number of hydrogen-bond acceptors (Lipinski definition) is 2. The molecule has 0 aliphatic carbocycles. The molecule has 0 spiro atoms. The molecule has 2 nitrogen and oxygen atoms in total. The Kier molecular flexibility index (Phi) is 3.09. The van der Waals surface area contributed by atoms with Gasteiger partial charge >= 0.3 is 12.4 Å². The average molecular weight is 257 g/mol. The maximum absolute atomic E-state index is 12.3. The molecular formula is C9H5F6NO. The first-order chi connectivity index (χ1) is 7.57. The van der Waals surface area contributed by atoms with Crippen molar-refractivity contribution in [2.45, 2.75) is 12.4 Å². The molecule has 1 rings (SSSR count). The zero-order valence-electron chi connectivity index (χ0n) is 7.99. The second kappa shape index (κ2) is 3.94. The first-order valence-electron chi connectivity index (χ1n) is 4.10. The van der Waals surface area contributed by atoms with E-state index in [4.69, 9.17) is 5.73 Å². The molecule has 2 N–H and O–H groups in total. The molecule has 0 bridgehead atoms. The smallest absolute Gasteiger partial charge is 0.398 e. The maximum atomic E-state index is 12.3. The van der Waals surface area contributed by atoms with Crippen LogP contribution in [0.25, 0.3) is 0 Å². The molecule has 0 unspecified atom stereocenters. The Labute approximate surface area is 91.0 Å². The lowest BCUT2D eigenvalue weighted by atomic mass is 10.0. The summed E-state index contributed by atoms with van der Waals surface area (Å²) >= 11 is 0. The van der Waals surface area contributed by atoms with Crippen LogP contribution in [0.15, 0.2) is 12.1 Å². The zero-order chi connectivity index (χ0) is 13.4. The van der Waals surface area contributed by atoms with Gasteiger partial charge in [0.05, 0.1) is 11.1 Å². The fourth-order valence-electron chi connectivity index (χ4n) is 1.22. The number of nitrogens with two attached hydrogens (primary N) is 1. The van der Waals surface area contributed by atoms with E-state index in [1.807, 2.05) is 0 Å². The summed E-state index contributed by atoms with van der Waals surface area (Å²) in [6.45, 7) is 0. The summed E-state index contributed by atoms with van der Waals surface area (Å²) in [5.74, 6) is 0. The molecule has 0 aliphatic rings. The van der Waals surface area contributed by atoms with E-state index in [1.165, 1.54) is 0 Å². The van der Waals surface area contributed by atoms with Gasteiger partial charge in [-0.1, -0.05) is 0 Å². The van der Waals surface area contributed by atoms with Crippen molar-refractivity contribution in [1.29, 1.82) is 0 Å². The molecule has 0 atom stereocenters.